The average molecular weight is 356 g/mol. The van der Waals surface area contributed by atoms with Crippen LogP contribution in [0.2, 0.25) is 0 Å². The second-order valence-electron chi connectivity index (χ2n) is 9.36. The van der Waals surface area contributed by atoms with Crippen molar-refractivity contribution in [3.05, 3.63) is 23.8 Å². The first kappa shape index (κ1) is 15.8. The van der Waals surface area contributed by atoms with Gasteiger partial charge in [0.25, 0.3) is 0 Å². The Balaban J connectivity index is 1.35. The summed E-state index contributed by atoms with van der Waals surface area (Å²) >= 11 is 0. The second kappa shape index (κ2) is 5.87. The van der Waals surface area contributed by atoms with E-state index in [1.165, 1.54) is 44.1 Å². The highest BCUT2D eigenvalue weighted by Crippen LogP contribution is 2.62. The van der Waals surface area contributed by atoms with Crippen LogP contribution in [-0.4, -0.2) is 38.6 Å². The van der Waals surface area contributed by atoms with Crippen LogP contribution in [0.15, 0.2) is 18.2 Å². The van der Waals surface area contributed by atoms with Crippen molar-refractivity contribution in [1.29, 1.82) is 0 Å². The summed E-state index contributed by atoms with van der Waals surface area (Å²) in [6.07, 6.45) is 8.91. The quantitative estimate of drug-likeness (QED) is 0.699. The summed E-state index contributed by atoms with van der Waals surface area (Å²) in [5, 5.41) is 0. The van der Waals surface area contributed by atoms with E-state index < -0.39 is 0 Å². The van der Waals surface area contributed by atoms with Crippen molar-refractivity contribution >= 4 is 0 Å². The maximum absolute atomic E-state index is 6.34. The Morgan fingerprint density at radius 2 is 1.42 bits per heavy atom. The maximum Gasteiger partial charge on any atom is 0.165 e. The number of epoxide rings is 2. The summed E-state index contributed by atoms with van der Waals surface area (Å²) in [6.45, 7) is 2.91. The van der Waals surface area contributed by atoms with Gasteiger partial charge in [-0.15, -0.1) is 0 Å². The summed E-state index contributed by atoms with van der Waals surface area (Å²) < 4.78 is 23.2. The molecule has 2 saturated heterocycles. The molecule has 2 unspecified atom stereocenters. The molecule has 1 aromatic rings. The van der Waals surface area contributed by atoms with Gasteiger partial charge < -0.3 is 18.9 Å². The highest BCUT2D eigenvalue weighted by atomic mass is 16.6. The fourth-order valence-corrected chi connectivity index (χ4v) is 6.32. The van der Waals surface area contributed by atoms with Crippen LogP contribution in [-0.2, 0) is 14.9 Å². The molecule has 4 aliphatic carbocycles. The first-order valence-electron chi connectivity index (χ1n) is 10.4. The van der Waals surface area contributed by atoms with Crippen LogP contribution in [0.4, 0.5) is 0 Å². The fraction of sp³-hybridized carbons (Fsp3) is 0.727. The Morgan fingerprint density at radius 1 is 0.846 bits per heavy atom. The summed E-state index contributed by atoms with van der Waals surface area (Å²) in [5.74, 6) is 4.65. The lowest BCUT2D eigenvalue weighted by Gasteiger charge is -2.57. The van der Waals surface area contributed by atoms with E-state index in [2.05, 4.69) is 18.2 Å². The minimum atomic E-state index is 0.262. The molecule has 26 heavy (non-hydrogen) atoms. The molecule has 0 radical (unpaired) electrons. The smallest absolute Gasteiger partial charge is 0.165 e. The molecule has 6 fully saturated rings. The average Bonchev–Trinajstić information content (AvgIpc) is 3.52. The summed E-state index contributed by atoms with van der Waals surface area (Å²) in [5.41, 5.74) is 1.72. The lowest BCUT2D eigenvalue weighted by molar-refractivity contribution is -0.00663. The van der Waals surface area contributed by atoms with E-state index in [-0.39, 0.29) is 12.2 Å². The standard InChI is InChI=1S/C22H28O4/c1-2-19(22-7-14-4-15(8-22)6-16(5-14)9-22)21(26-13-18-11-24-18)20(3-1)25-12-17-10-23-17/h1-3,14-18H,4-13H2. The third kappa shape index (κ3) is 2.82. The van der Waals surface area contributed by atoms with E-state index in [0.717, 1.165) is 42.5 Å². The number of para-hydroxylation sites is 1. The molecule has 2 aliphatic heterocycles. The van der Waals surface area contributed by atoms with Crippen molar-refractivity contribution in [2.45, 2.75) is 56.1 Å². The van der Waals surface area contributed by atoms with Crippen LogP contribution in [0.3, 0.4) is 0 Å². The molecule has 0 N–H and O–H groups in total. The van der Waals surface area contributed by atoms with Crippen LogP contribution < -0.4 is 9.47 Å². The Kier molecular flexibility index (Phi) is 3.56. The highest BCUT2D eigenvalue weighted by molar-refractivity contribution is 5.51. The zero-order chi connectivity index (χ0) is 17.1. The van der Waals surface area contributed by atoms with Gasteiger partial charge in [0.15, 0.2) is 11.5 Å². The maximum atomic E-state index is 6.34. The van der Waals surface area contributed by atoms with Crippen LogP contribution in [0.1, 0.15) is 44.1 Å². The van der Waals surface area contributed by atoms with Crippen LogP contribution >= 0.6 is 0 Å². The topological polar surface area (TPSA) is 43.5 Å². The van der Waals surface area contributed by atoms with Gasteiger partial charge in [-0.05, 0) is 67.8 Å². The summed E-state index contributed by atoms with van der Waals surface area (Å²) in [4.78, 5) is 0. The van der Waals surface area contributed by atoms with Gasteiger partial charge in [-0.25, -0.2) is 0 Å². The molecule has 6 aliphatic rings. The molecular formula is C22H28O4. The largest absolute Gasteiger partial charge is 0.487 e. The van der Waals surface area contributed by atoms with Crippen molar-refractivity contribution in [3.63, 3.8) is 0 Å². The molecule has 4 saturated carbocycles. The molecule has 0 spiro atoms. The Hall–Kier alpha value is -1.26. The molecule has 4 nitrogen and oxygen atoms in total. The summed E-state index contributed by atoms with van der Waals surface area (Å²) in [7, 11) is 0. The molecule has 0 amide bonds. The number of ether oxygens (including phenoxy) is 4. The van der Waals surface area contributed by atoms with Crippen molar-refractivity contribution < 1.29 is 18.9 Å². The van der Waals surface area contributed by atoms with E-state index in [1.807, 2.05) is 0 Å². The molecule has 2 heterocycles. The van der Waals surface area contributed by atoms with E-state index >= 15 is 0 Å². The molecule has 4 bridgehead atoms. The fourth-order valence-electron chi connectivity index (χ4n) is 6.32. The lowest BCUT2D eigenvalue weighted by Crippen LogP contribution is -2.48. The van der Waals surface area contributed by atoms with E-state index in [1.54, 1.807) is 0 Å². The van der Waals surface area contributed by atoms with Gasteiger partial charge >= 0.3 is 0 Å². The first-order chi connectivity index (χ1) is 12.8. The number of rotatable bonds is 7. The van der Waals surface area contributed by atoms with E-state index in [0.29, 0.717) is 18.6 Å². The van der Waals surface area contributed by atoms with Gasteiger partial charge in [0.05, 0.1) is 13.2 Å². The van der Waals surface area contributed by atoms with Crippen molar-refractivity contribution in [3.8, 4) is 11.5 Å². The number of benzene rings is 1. The molecule has 4 heteroatoms. The minimum absolute atomic E-state index is 0.262. The van der Waals surface area contributed by atoms with Crippen LogP contribution in [0, 0.1) is 17.8 Å². The van der Waals surface area contributed by atoms with Crippen molar-refractivity contribution in [1.82, 2.24) is 0 Å². The third-order valence-electron chi connectivity index (χ3n) is 7.23. The lowest BCUT2D eigenvalue weighted by atomic mass is 9.48. The van der Waals surface area contributed by atoms with E-state index in [9.17, 15) is 0 Å². The number of hydrogen-bond donors (Lipinski definition) is 0. The van der Waals surface area contributed by atoms with Crippen molar-refractivity contribution in [2.24, 2.45) is 17.8 Å². The molecule has 2 atom stereocenters. The molecule has 1 aromatic carbocycles. The third-order valence-corrected chi connectivity index (χ3v) is 7.23. The predicted molar refractivity (Wildman–Crippen MR) is 96.8 cm³/mol. The Morgan fingerprint density at radius 3 is 2.00 bits per heavy atom. The zero-order valence-corrected chi connectivity index (χ0v) is 15.3. The first-order valence-corrected chi connectivity index (χ1v) is 10.4. The van der Waals surface area contributed by atoms with Crippen molar-refractivity contribution in [2.75, 3.05) is 26.4 Å². The molecule has 140 valence electrons. The molecule has 0 aromatic heterocycles. The van der Waals surface area contributed by atoms with E-state index in [4.69, 9.17) is 18.9 Å². The van der Waals surface area contributed by atoms with Gasteiger partial charge in [0.1, 0.15) is 25.4 Å². The van der Waals surface area contributed by atoms with Crippen LogP contribution in [0.5, 0.6) is 11.5 Å². The Labute approximate surface area is 155 Å². The van der Waals surface area contributed by atoms with Crippen LogP contribution in [0.25, 0.3) is 0 Å². The van der Waals surface area contributed by atoms with Gasteiger partial charge in [0.2, 0.25) is 0 Å². The second-order valence-corrected chi connectivity index (χ2v) is 9.36. The monoisotopic (exact) mass is 356 g/mol. The highest BCUT2D eigenvalue weighted by Gasteiger charge is 2.52. The molecular weight excluding hydrogens is 328 g/mol. The zero-order valence-electron chi connectivity index (χ0n) is 15.3. The predicted octanol–water partition coefficient (Wildman–Crippen LogP) is 3.71. The molecule has 7 rings (SSSR count). The van der Waals surface area contributed by atoms with Gasteiger partial charge in [0, 0.05) is 5.56 Å². The normalized spacial score (nSPS) is 41.9. The van der Waals surface area contributed by atoms with Gasteiger partial charge in [-0.1, -0.05) is 12.1 Å². The summed E-state index contributed by atoms with van der Waals surface area (Å²) in [6, 6.07) is 6.55. The SMILES string of the molecule is c1cc(OCC2CO2)c(OCC2CO2)c(C23CC4CC(CC(C4)C2)C3)c1. The van der Waals surface area contributed by atoms with Gasteiger partial charge in [-0.2, -0.15) is 0 Å². The van der Waals surface area contributed by atoms with Gasteiger partial charge in [-0.3, -0.25) is 0 Å². The number of hydrogen-bond acceptors (Lipinski definition) is 4. The Bertz CT molecular complexity index is 656. The minimum Gasteiger partial charge on any atom is -0.487 e.